The lowest BCUT2D eigenvalue weighted by Gasteiger charge is -2.17. The second-order valence-electron chi connectivity index (χ2n) is 6.72. The number of rotatable bonds is 7. The van der Waals surface area contributed by atoms with E-state index in [2.05, 4.69) is 5.32 Å². The molecule has 9 heteroatoms. The van der Waals surface area contributed by atoms with Crippen LogP contribution in [0.5, 0.6) is 5.75 Å². The summed E-state index contributed by atoms with van der Waals surface area (Å²) in [6.45, 7) is 0.0967. The Balaban J connectivity index is 1.67. The molecule has 0 heterocycles. The summed E-state index contributed by atoms with van der Waals surface area (Å²) in [5.74, 6) is -2.01. The van der Waals surface area contributed by atoms with E-state index in [0.29, 0.717) is 11.3 Å². The molecule has 0 radical (unpaired) electrons. The van der Waals surface area contributed by atoms with Crippen molar-refractivity contribution in [3.05, 3.63) is 89.5 Å². The second-order valence-corrected chi connectivity index (χ2v) is 8.76. The normalized spacial score (nSPS) is 11.4. The number of nitrogens with zero attached hydrogens (tertiary/aromatic N) is 1. The van der Waals surface area contributed by atoms with Crippen molar-refractivity contribution in [1.82, 2.24) is 4.31 Å². The number of anilines is 1. The highest BCUT2D eigenvalue weighted by molar-refractivity contribution is 7.89. The Bertz CT molecular complexity index is 1180. The van der Waals surface area contributed by atoms with Crippen LogP contribution in [-0.2, 0) is 16.6 Å². The quantitative estimate of drug-likeness (QED) is 0.594. The Morgan fingerprint density at radius 1 is 0.968 bits per heavy atom. The Morgan fingerprint density at radius 2 is 1.61 bits per heavy atom. The largest absolute Gasteiger partial charge is 0.497 e. The van der Waals surface area contributed by atoms with Gasteiger partial charge in [-0.1, -0.05) is 12.1 Å². The van der Waals surface area contributed by atoms with Gasteiger partial charge in [0.25, 0.3) is 5.91 Å². The topological polar surface area (TPSA) is 75.7 Å². The van der Waals surface area contributed by atoms with Gasteiger partial charge in [-0.15, -0.1) is 0 Å². The monoisotopic (exact) mass is 446 g/mol. The van der Waals surface area contributed by atoms with Crippen LogP contribution in [0.1, 0.15) is 15.9 Å². The summed E-state index contributed by atoms with van der Waals surface area (Å²) in [4.78, 5) is 12.4. The van der Waals surface area contributed by atoms with Crippen molar-refractivity contribution in [2.24, 2.45) is 0 Å². The molecule has 3 rings (SSSR count). The summed E-state index contributed by atoms with van der Waals surface area (Å²) in [6, 6.07) is 15.4. The van der Waals surface area contributed by atoms with Crippen LogP contribution in [0.3, 0.4) is 0 Å². The highest BCUT2D eigenvalue weighted by atomic mass is 32.2. The number of carbonyl (C=O) groups excluding carboxylic acids is 1. The van der Waals surface area contributed by atoms with Gasteiger partial charge in [-0.05, 0) is 54.1 Å². The number of nitrogens with one attached hydrogen (secondary N) is 1. The van der Waals surface area contributed by atoms with E-state index < -0.39 is 27.6 Å². The molecule has 1 N–H and O–H groups in total. The summed E-state index contributed by atoms with van der Waals surface area (Å²) >= 11 is 0. The summed E-state index contributed by atoms with van der Waals surface area (Å²) in [6.07, 6.45) is 0. The summed E-state index contributed by atoms with van der Waals surface area (Å²) < 4.78 is 58.0. The van der Waals surface area contributed by atoms with Crippen molar-refractivity contribution in [2.75, 3.05) is 19.5 Å². The first-order valence-corrected chi connectivity index (χ1v) is 10.6. The molecule has 0 saturated carbocycles. The summed E-state index contributed by atoms with van der Waals surface area (Å²) in [7, 11) is -0.745. The zero-order valence-corrected chi connectivity index (χ0v) is 17.6. The van der Waals surface area contributed by atoms with Crippen LogP contribution in [0.25, 0.3) is 0 Å². The number of methoxy groups -OCH3 is 1. The minimum Gasteiger partial charge on any atom is -0.497 e. The average molecular weight is 446 g/mol. The van der Waals surface area contributed by atoms with E-state index in [9.17, 15) is 22.0 Å². The van der Waals surface area contributed by atoms with E-state index in [1.165, 1.54) is 48.8 Å². The molecule has 0 saturated heterocycles. The summed E-state index contributed by atoms with van der Waals surface area (Å²) in [5, 5.41) is 2.48. The predicted molar refractivity (Wildman–Crippen MR) is 112 cm³/mol. The number of amides is 1. The third kappa shape index (κ3) is 5.25. The summed E-state index contributed by atoms with van der Waals surface area (Å²) in [5.41, 5.74) is 1.08. The fourth-order valence-electron chi connectivity index (χ4n) is 2.81. The second kappa shape index (κ2) is 9.23. The van der Waals surface area contributed by atoms with Crippen LogP contribution < -0.4 is 10.1 Å². The molecule has 0 aliphatic rings. The Morgan fingerprint density at radius 3 is 2.19 bits per heavy atom. The van der Waals surface area contributed by atoms with E-state index in [-0.39, 0.29) is 22.7 Å². The molecule has 6 nitrogen and oxygen atoms in total. The zero-order chi connectivity index (χ0) is 22.6. The Labute approximate surface area is 179 Å². The molecule has 0 fully saturated rings. The van der Waals surface area contributed by atoms with Gasteiger partial charge in [0.2, 0.25) is 10.0 Å². The van der Waals surface area contributed by atoms with Gasteiger partial charge in [0.05, 0.1) is 12.0 Å². The third-order valence-corrected chi connectivity index (χ3v) is 6.38. The molecular formula is C22H20F2N2O4S. The molecule has 0 aromatic heterocycles. The first-order valence-electron chi connectivity index (χ1n) is 9.16. The minimum atomic E-state index is -3.70. The fourth-order valence-corrected chi connectivity index (χ4v) is 3.97. The molecule has 0 spiro atoms. The van der Waals surface area contributed by atoms with Crippen LogP contribution in [0.15, 0.2) is 71.6 Å². The zero-order valence-electron chi connectivity index (χ0n) is 16.8. The van der Waals surface area contributed by atoms with Crippen molar-refractivity contribution in [3.8, 4) is 5.75 Å². The molecule has 0 bridgehead atoms. The lowest BCUT2D eigenvalue weighted by Crippen LogP contribution is -2.26. The van der Waals surface area contributed by atoms with Gasteiger partial charge in [-0.2, -0.15) is 4.31 Å². The molecule has 3 aromatic carbocycles. The van der Waals surface area contributed by atoms with Gasteiger partial charge in [0, 0.05) is 30.9 Å². The standard InChI is InChI=1S/C22H20F2N2O4S/c1-26(31(28,29)19-10-8-18(30-2)9-11-19)14-15-3-5-16(6-4-15)22(27)25-17-7-12-20(23)21(24)13-17/h3-13H,14H2,1-2H3,(H,25,27). The minimum absolute atomic E-state index is 0.0967. The van der Waals surface area contributed by atoms with E-state index in [1.54, 1.807) is 24.3 Å². The lowest BCUT2D eigenvalue weighted by molar-refractivity contribution is 0.102. The van der Waals surface area contributed by atoms with E-state index in [1.807, 2.05) is 0 Å². The SMILES string of the molecule is COc1ccc(S(=O)(=O)N(C)Cc2ccc(C(=O)Nc3ccc(F)c(F)c3)cc2)cc1. The molecule has 1 amide bonds. The third-order valence-electron chi connectivity index (χ3n) is 4.57. The van der Waals surface area contributed by atoms with Gasteiger partial charge in [-0.25, -0.2) is 17.2 Å². The molecule has 0 unspecified atom stereocenters. The fraction of sp³-hybridized carbons (Fsp3) is 0.136. The maximum Gasteiger partial charge on any atom is 0.255 e. The van der Waals surface area contributed by atoms with Gasteiger partial charge in [-0.3, -0.25) is 4.79 Å². The number of carbonyl (C=O) groups is 1. The molecule has 3 aromatic rings. The van der Waals surface area contributed by atoms with E-state index in [0.717, 1.165) is 12.1 Å². The lowest BCUT2D eigenvalue weighted by atomic mass is 10.1. The van der Waals surface area contributed by atoms with Crippen LogP contribution in [0, 0.1) is 11.6 Å². The molecule has 0 aliphatic carbocycles. The van der Waals surface area contributed by atoms with Crippen molar-refractivity contribution < 1.29 is 26.7 Å². The molecule has 0 atom stereocenters. The van der Waals surface area contributed by atoms with Crippen LogP contribution in [-0.4, -0.2) is 32.8 Å². The Hall–Kier alpha value is -3.30. The van der Waals surface area contributed by atoms with Gasteiger partial charge >= 0.3 is 0 Å². The van der Waals surface area contributed by atoms with Crippen LogP contribution >= 0.6 is 0 Å². The number of hydrogen-bond donors (Lipinski definition) is 1. The molecule has 31 heavy (non-hydrogen) atoms. The van der Waals surface area contributed by atoms with E-state index >= 15 is 0 Å². The highest BCUT2D eigenvalue weighted by Gasteiger charge is 2.21. The smallest absolute Gasteiger partial charge is 0.255 e. The maximum atomic E-state index is 13.3. The number of sulfonamides is 1. The maximum absolute atomic E-state index is 13.3. The van der Waals surface area contributed by atoms with Crippen molar-refractivity contribution in [2.45, 2.75) is 11.4 Å². The number of halogens is 2. The first kappa shape index (κ1) is 22.4. The first-order chi connectivity index (χ1) is 14.7. The number of hydrogen-bond acceptors (Lipinski definition) is 4. The number of ether oxygens (including phenoxy) is 1. The van der Waals surface area contributed by atoms with Crippen molar-refractivity contribution in [3.63, 3.8) is 0 Å². The van der Waals surface area contributed by atoms with Crippen LogP contribution in [0.4, 0.5) is 14.5 Å². The van der Waals surface area contributed by atoms with Gasteiger partial charge in [0.1, 0.15) is 5.75 Å². The van der Waals surface area contributed by atoms with Gasteiger partial charge in [0.15, 0.2) is 11.6 Å². The highest BCUT2D eigenvalue weighted by Crippen LogP contribution is 2.20. The van der Waals surface area contributed by atoms with Crippen molar-refractivity contribution >= 4 is 21.6 Å². The van der Waals surface area contributed by atoms with Crippen LogP contribution in [0.2, 0.25) is 0 Å². The Kier molecular flexibility index (Phi) is 6.67. The van der Waals surface area contributed by atoms with Gasteiger partial charge < -0.3 is 10.1 Å². The predicted octanol–water partition coefficient (Wildman–Crippen LogP) is 4.05. The molecular weight excluding hydrogens is 426 g/mol. The molecule has 162 valence electrons. The average Bonchev–Trinajstić information content (AvgIpc) is 2.76. The number of benzene rings is 3. The van der Waals surface area contributed by atoms with Crippen molar-refractivity contribution in [1.29, 1.82) is 0 Å². The molecule has 0 aliphatic heterocycles. The van der Waals surface area contributed by atoms with E-state index in [4.69, 9.17) is 4.74 Å².